The molecule has 1 aliphatic rings. The Morgan fingerprint density at radius 1 is 0.962 bits per heavy atom. The summed E-state index contributed by atoms with van der Waals surface area (Å²) in [4.78, 5) is 0. The molecule has 2 aromatic rings. The molecule has 140 valence electrons. The molecule has 1 atom stereocenters. The number of para-hydroxylation sites is 1. The van der Waals surface area contributed by atoms with E-state index in [1.165, 1.54) is 38.5 Å². The molecule has 1 aromatic carbocycles. The number of benzene rings is 1. The number of hydrogen-bond donors (Lipinski definition) is 1. The maximum atomic E-state index is 9.60. The first-order chi connectivity index (χ1) is 12.9. The number of tetrazole rings is 1. The molecule has 0 saturated heterocycles. The highest BCUT2D eigenvalue weighted by atomic mass is 32.2. The van der Waals surface area contributed by atoms with E-state index in [-0.39, 0.29) is 5.25 Å². The van der Waals surface area contributed by atoms with Gasteiger partial charge in [0.2, 0.25) is 5.16 Å². The first-order valence-corrected chi connectivity index (χ1v) is 10.5. The maximum absolute atomic E-state index is 9.60. The second-order valence-electron chi connectivity index (χ2n) is 6.77. The van der Waals surface area contributed by atoms with Crippen LogP contribution in [0.2, 0.25) is 0 Å². The molecular formula is C19H27N5OS. The van der Waals surface area contributed by atoms with Crippen LogP contribution in [0.4, 0.5) is 0 Å². The molecule has 0 radical (unpaired) electrons. The highest BCUT2D eigenvalue weighted by Crippen LogP contribution is 2.29. The predicted molar refractivity (Wildman–Crippen MR) is 104 cm³/mol. The Balaban J connectivity index is 1.75. The van der Waals surface area contributed by atoms with E-state index >= 15 is 0 Å². The Hall–Kier alpha value is -1.89. The summed E-state index contributed by atoms with van der Waals surface area (Å²) in [7, 11) is 0. The molecule has 26 heavy (non-hydrogen) atoms. The van der Waals surface area contributed by atoms with Crippen molar-refractivity contribution in [3.8, 4) is 5.69 Å². The van der Waals surface area contributed by atoms with Crippen LogP contribution in [0.5, 0.6) is 0 Å². The van der Waals surface area contributed by atoms with E-state index in [2.05, 4.69) is 20.7 Å². The fraction of sp³-hybridized carbons (Fsp3) is 0.579. The molecule has 7 heteroatoms. The number of hydrogen-bond acceptors (Lipinski definition) is 6. The molecule has 0 spiro atoms. The first-order valence-electron chi connectivity index (χ1n) is 9.60. The Morgan fingerprint density at radius 3 is 2.38 bits per heavy atom. The molecule has 1 N–H and O–H groups in total. The van der Waals surface area contributed by atoms with Crippen LogP contribution >= 0.6 is 11.8 Å². The van der Waals surface area contributed by atoms with Crippen LogP contribution in [0.15, 0.2) is 40.6 Å². The number of thioether (sulfide) groups is 1. The van der Waals surface area contributed by atoms with Crippen molar-refractivity contribution in [2.24, 2.45) is 5.16 Å². The van der Waals surface area contributed by atoms with Gasteiger partial charge in [-0.25, -0.2) is 0 Å². The third-order valence-corrected chi connectivity index (χ3v) is 6.10. The molecule has 1 saturated carbocycles. The summed E-state index contributed by atoms with van der Waals surface area (Å²) in [6, 6.07) is 9.90. The highest BCUT2D eigenvalue weighted by Gasteiger charge is 2.22. The van der Waals surface area contributed by atoms with Crippen molar-refractivity contribution in [1.82, 2.24) is 20.2 Å². The monoisotopic (exact) mass is 373 g/mol. The van der Waals surface area contributed by atoms with Crippen LogP contribution in [-0.4, -0.2) is 36.4 Å². The normalized spacial score (nSPS) is 21.8. The van der Waals surface area contributed by atoms with E-state index in [0.29, 0.717) is 0 Å². The molecule has 1 aromatic heterocycles. The van der Waals surface area contributed by atoms with Gasteiger partial charge in [-0.05, 0) is 41.8 Å². The van der Waals surface area contributed by atoms with E-state index in [0.717, 1.165) is 42.2 Å². The molecule has 0 amide bonds. The SMILES string of the molecule is O/N=C1/CCCCCCCCCCC1Sc1nnnn1-c1ccccc1. The number of nitrogens with zero attached hydrogens (tertiary/aromatic N) is 5. The van der Waals surface area contributed by atoms with E-state index in [1.54, 1.807) is 16.4 Å². The summed E-state index contributed by atoms with van der Waals surface area (Å²) < 4.78 is 1.76. The molecule has 1 aliphatic carbocycles. The summed E-state index contributed by atoms with van der Waals surface area (Å²) in [6.07, 6.45) is 11.8. The zero-order chi connectivity index (χ0) is 18.0. The Labute approximate surface area is 159 Å². The van der Waals surface area contributed by atoms with Gasteiger partial charge in [0.15, 0.2) is 0 Å². The lowest BCUT2D eigenvalue weighted by atomic mass is 9.99. The lowest BCUT2D eigenvalue weighted by Crippen LogP contribution is -2.19. The molecular weight excluding hydrogens is 346 g/mol. The standard InChI is InChI=1S/C19H27N5OS/c25-21-17-14-10-5-3-1-2-4-6-11-15-18(17)26-19-20-22-23-24(19)16-12-8-7-9-13-16/h7-9,12-13,18,25H,1-6,10-11,14-15H2/b21-17-. The fourth-order valence-electron chi connectivity index (χ4n) is 3.38. The zero-order valence-corrected chi connectivity index (χ0v) is 15.9. The van der Waals surface area contributed by atoms with Crippen LogP contribution in [-0.2, 0) is 0 Å². The molecule has 0 aliphatic heterocycles. The van der Waals surface area contributed by atoms with Gasteiger partial charge >= 0.3 is 0 Å². The van der Waals surface area contributed by atoms with Crippen molar-refractivity contribution in [1.29, 1.82) is 0 Å². The summed E-state index contributed by atoms with van der Waals surface area (Å²) in [6.45, 7) is 0. The average molecular weight is 374 g/mol. The van der Waals surface area contributed by atoms with Crippen molar-refractivity contribution in [3.63, 3.8) is 0 Å². The minimum absolute atomic E-state index is 0.118. The molecule has 1 unspecified atom stereocenters. The molecule has 6 nitrogen and oxygen atoms in total. The van der Waals surface area contributed by atoms with Crippen molar-refractivity contribution in [2.75, 3.05) is 0 Å². The maximum Gasteiger partial charge on any atom is 0.214 e. The Morgan fingerprint density at radius 2 is 1.65 bits per heavy atom. The molecule has 0 bridgehead atoms. The van der Waals surface area contributed by atoms with Gasteiger partial charge in [-0.15, -0.1) is 5.10 Å². The second kappa shape index (κ2) is 10.3. The topological polar surface area (TPSA) is 76.2 Å². The lowest BCUT2D eigenvalue weighted by molar-refractivity contribution is 0.315. The highest BCUT2D eigenvalue weighted by molar-refractivity contribution is 8.00. The van der Waals surface area contributed by atoms with Gasteiger partial charge in [-0.2, -0.15) is 4.68 Å². The van der Waals surface area contributed by atoms with Gasteiger partial charge in [0, 0.05) is 0 Å². The van der Waals surface area contributed by atoms with Crippen molar-refractivity contribution in [3.05, 3.63) is 30.3 Å². The number of rotatable bonds is 3. The van der Waals surface area contributed by atoms with Gasteiger partial charge in [-0.1, -0.05) is 80.1 Å². The van der Waals surface area contributed by atoms with E-state index in [1.807, 2.05) is 30.3 Å². The van der Waals surface area contributed by atoms with Crippen LogP contribution < -0.4 is 0 Å². The second-order valence-corrected chi connectivity index (χ2v) is 7.94. The smallest absolute Gasteiger partial charge is 0.214 e. The van der Waals surface area contributed by atoms with Gasteiger partial charge in [0.05, 0.1) is 16.6 Å². The average Bonchev–Trinajstić information content (AvgIpc) is 3.13. The number of aromatic nitrogens is 4. The summed E-state index contributed by atoms with van der Waals surface area (Å²) in [5.41, 5.74) is 1.81. The quantitative estimate of drug-likeness (QED) is 0.614. The third kappa shape index (κ3) is 5.30. The van der Waals surface area contributed by atoms with Crippen molar-refractivity contribution < 1.29 is 5.21 Å². The van der Waals surface area contributed by atoms with Crippen molar-refractivity contribution in [2.45, 2.75) is 74.6 Å². The minimum Gasteiger partial charge on any atom is -0.411 e. The van der Waals surface area contributed by atoms with Crippen LogP contribution in [0.1, 0.15) is 64.2 Å². The zero-order valence-electron chi connectivity index (χ0n) is 15.1. The fourth-order valence-corrected chi connectivity index (χ4v) is 4.54. The first kappa shape index (κ1) is 18.9. The lowest BCUT2D eigenvalue weighted by Gasteiger charge is -2.18. The minimum atomic E-state index is 0.118. The van der Waals surface area contributed by atoms with Crippen LogP contribution in [0.3, 0.4) is 0 Å². The third-order valence-electron chi connectivity index (χ3n) is 4.84. The summed E-state index contributed by atoms with van der Waals surface area (Å²) in [5.74, 6) is 0. The Bertz CT molecular complexity index is 688. The predicted octanol–water partition coefficient (Wildman–Crippen LogP) is 4.87. The summed E-state index contributed by atoms with van der Waals surface area (Å²) in [5, 5.41) is 26.3. The number of oxime groups is 1. The van der Waals surface area contributed by atoms with Gasteiger partial charge in [-0.3, -0.25) is 0 Å². The van der Waals surface area contributed by atoms with Crippen molar-refractivity contribution >= 4 is 17.5 Å². The van der Waals surface area contributed by atoms with E-state index < -0.39 is 0 Å². The van der Waals surface area contributed by atoms with Crippen LogP contribution in [0, 0.1) is 0 Å². The summed E-state index contributed by atoms with van der Waals surface area (Å²) >= 11 is 1.61. The van der Waals surface area contributed by atoms with Gasteiger partial charge in [0.1, 0.15) is 0 Å². The van der Waals surface area contributed by atoms with Gasteiger partial charge < -0.3 is 5.21 Å². The molecule has 1 fully saturated rings. The van der Waals surface area contributed by atoms with Gasteiger partial charge in [0.25, 0.3) is 0 Å². The Kier molecular flexibility index (Phi) is 7.49. The largest absolute Gasteiger partial charge is 0.411 e. The molecule has 3 rings (SSSR count). The molecule has 1 heterocycles. The van der Waals surface area contributed by atoms with E-state index in [4.69, 9.17) is 0 Å². The van der Waals surface area contributed by atoms with Crippen LogP contribution in [0.25, 0.3) is 5.69 Å². The van der Waals surface area contributed by atoms with E-state index in [9.17, 15) is 5.21 Å².